The normalized spacial score (nSPS) is 9.76. The first kappa shape index (κ1) is 22.5. The third-order valence-corrected chi connectivity index (χ3v) is 2.95. The van der Waals surface area contributed by atoms with E-state index in [1.54, 1.807) is 7.11 Å². The van der Waals surface area contributed by atoms with Crippen molar-refractivity contribution in [1.29, 1.82) is 0 Å². The first-order chi connectivity index (χ1) is 11.8. The lowest BCUT2D eigenvalue weighted by molar-refractivity contribution is -0.159. The lowest BCUT2D eigenvalue weighted by atomic mass is 10.1. The fraction of sp³-hybridized carbons (Fsp3) is 0.444. The van der Waals surface area contributed by atoms with Gasteiger partial charge in [0.1, 0.15) is 11.5 Å². The van der Waals surface area contributed by atoms with Gasteiger partial charge in [-0.05, 0) is 37.6 Å². The number of carboxylic acids is 2. The number of ether oxygens (including phenoxy) is 2. The number of carboxylic acid groups (broad SMARTS) is 2. The van der Waals surface area contributed by atoms with E-state index in [0.29, 0.717) is 6.04 Å². The Morgan fingerprint density at radius 3 is 2.40 bits per heavy atom. The lowest BCUT2D eigenvalue weighted by Crippen LogP contribution is -2.24. The Labute approximate surface area is 148 Å². The van der Waals surface area contributed by atoms with Gasteiger partial charge in [-0.3, -0.25) is 0 Å². The molecule has 0 fully saturated rings. The van der Waals surface area contributed by atoms with Crippen molar-refractivity contribution in [3.8, 4) is 11.5 Å². The molecule has 0 heterocycles. The van der Waals surface area contributed by atoms with Crippen molar-refractivity contribution in [2.45, 2.75) is 32.7 Å². The molecule has 0 spiro atoms. The summed E-state index contributed by atoms with van der Waals surface area (Å²) in [5.74, 6) is -1.87. The molecule has 7 heteroatoms. The molecule has 0 bridgehead atoms. The Bertz CT molecular complexity index is 544. The van der Waals surface area contributed by atoms with E-state index in [0.717, 1.165) is 43.1 Å². The molecule has 0 aromatic heterocycles. The second kappa shape index (κ2) is 12.8. The summed E-state index contributed by atoms with van der Waals surface area (Å²) >= 11 is 0. The zero-order valence-corrected chi connectivity index (χ0v) is 14.9. The topological polar surface area (TPSA) is 105 Å². The number of rotatable bonds is 9. The van der Waals surface area contributed by atoms with Gasteiger partial charge in [0.25, 0.3) is 0 Å². The fourth-order valence-electron chi connectivity index (χ4n) is 1.78. The van der Waals surface area contributed by atoms with Gasteiger partial charge in [0, 0.05) is 11.6 Å². The van der Waals surface area contributed by atoms with Gasteiger partial charge < -0.3 is 25.0 Å². The van der Waals surface area contributed by atoms with E-state index < -0.39 is 11.9 Å². The SMILES string of the molecule is C=CCc1cc(OC)ccc1OCCCNC(C)C.O=C(O)C(=O)O. The average Bonchev–Trinajstić information content (AvgIpc) is 2.56. The summed E-state index contributed by atoms with van der Waals surface area (Å²) in [4.78, 5) is 18.2. The molecular formula is C18H27NO6. The highest BCUT2D eigenvalue weighted by Crippen LogP contribution is 2.25. The van der Waals surface area contributed by atoms with Crippen molar-refractivity contribution in [3.63, 3.8) is 0 Å². The van der Waals surface area contributed by atoms with Crippen LogP contribution >= 0.6 is 0 Å². The highest BCUT2D eigenvalue weighted by molar-refractivity contribution is 6.27. The molecule has 7 nitrogen and oxygen atoms in total. The predicted octanol–water partition coefficient (Wildman–Crippen LogP) is 2.35. The number of methoxy groups -OCH3 is 1. The smallest absolute Gasteiger partial charge is 0.414 e. The van der Waals surface area contributed by atoms with Crippen LogP contribution in [0.25, 0.3) is 0 Å². The summed E-state index contributed by atoms with van der Waals surface area (Å²) in [5, 5.41) is 18.2. The van der Waals surface area contributed by atoms with Gasteiger partial charge in [0.15, 0.2) is 0 Å². The number of nitrogens with one attached hydrogen (secondary N) is 1. The summed E-state index contributed by atoms with van der Waals surface area (Å²) in [6, 6.07) is 6.42. The van der Waals surface area contributed by atoms with Crippen LogP contribution in [0.15, 0.2) is 30.9 Å². The number of carbonyl (C=O) groups is 2. The monoisotopic (exact) mass is 353 g/mol. The first-order valence-corrected chi connectivity index (χ1v) is 7.92. The molecule has 3 N–H and O–H groups in total. The van der Waals surface area contributed by atoms with Crippen molar-refractivity contribution < 1.29 is 29.3 Å². The van der Waals surface area contributed by atoms with Gasteiger partial charge in [0.2, 0.25) is 0 Å². The van der Waals surface area contributed by atoms with E-state index in [1.165, 1.54) is 0 Å². The maximum absolute atomic E-state index is 9.10. The van der Waals surface area contributed by atoms with Crippen molar-refractivity contribution in [1.82, 2.24) is 5.32 Å². The van der Waals surface area contributed by atoms with E-state index in [-0.39, 0.29) is 0 Å². The average molecular weight is 353 g/mol. The summed E-state index contributed by atoms with van der Waals surface area (Å²) in [5.41, 5.74) is 1.12. The Balaban J connectivity index is 0.000000823. The number of aliphatic carboxylic acids is 2. The minimum Gasteiger partial charge on any atom is -0.497 e. The fourth-order valence-corrected chi connectivity index (χ4v) is 1.78. The maximum atomic E-state index is 9.10. The van der Waals surface area contributed by atoms with Crippen molar-refractivity contribution >= 4 is 11.9 Å². The quantitative estimate of drug-likeness (QED) is 0.355. The van der Waals surface area contributed by atoms with Crippen LogP contribution in [0.5, 0.6) is 11.5 Å². The second-order valence-corrected chi connectivity index (χ2v) is 5.39. The molecule has 0 unspecified atom stereocenters. The summed E-state index contributed by atoms with van der Waals surface area (Å²) in [6.45, 7) is 9.76. The molecule has 0 saturated heterocycles. The van der Waals surface area contributed by atoms with Crippen LogP contribution in [-0.4, -0.2) is 48.5 Å². The molecule has 0 amide bonds. The molecule has 1 aromatic carbocycles. The van der Waals surface area contributed by atoms with Crippen molar-refractivity contribution in [3.05, 3.63) is 36.4 Å². The molecule has 0 aliphatic rings. The minimum atomic E-state index is -1.82. The van der Waals surface area contributed by atoms with Crippen LogP contribution in [0, 0.1) is 0 Å². The number of allylic oxidation sites excluding steroid dienone is 1. The van der Waals surface area contributed by atoms with E-state index >= 15 is 0 Å². The molecule has 0 saturated carbocycles. The maximum Gasteiger partial charge on any atom is 0.414 e. The zero-order valence-electron chi connectivity index (χ0n) is 14.9. The highest BCUT2D eigenvalue weighted by atomic mass is 16.5. The van der Waals surface area contributed by atoms with Crippen LogP contribution < -0.4 is 14.8 Å². The summed E-state index contributed by atoms with van der Waals surface area (Å²) < 4.78 is 11.1. The Kier molecular flexibility index (Phi) is 11.5. The van der Waals surface area contributed by atoms with E-state index in [1.807, 2.05) is 24.3 Å². The molecule has 1 rings (SSSR count). The molecule has 140 valence electrons. The number of hydrogen-bond donors (Lipinski definition) is 3. The third kappa shape index (κ3) is 10.8. The molecule has 0 atom stereocenters. The van der Waals surface area contributed by atoms with Gasteiger partial charge in [-0.15, -0.1) is 6.58 Å². The van der Waals surface area contributed by atoms with Crippen molar-refractivity contribution in [2.24, 2.45) is 0 Å². The molecule has 0 aliphatic carbocycles. The summed E-state index contributed by atoms with van der Waals surface area (Å²) in [6.07, 6.45) is 3.66. The van der Waals surface area contributed by atoms with Gasteiger partial charge in [0.05, 0.1) is 13.7 Å². The van der Waals surface area contributed by atoms with Crippen LogP contribution in [0.2, 0.25) is 0 Å². The Morgan fingerprint density at radius 2 is 1.92 bits per heavy atom. The van der Waals surface area contributed by atoms with Gasteiger partial charge in [-0.2, -0.15) is 0 Å². The molecule has 25 heavy (non-hydrogen) atoms. The van der Waals surface area contributed by atoms with Crippen LogP contribution in [0.3, 0.4) is 0 Å². The van der Waals surface area contributed by atoms with Crippen LogP contribution in [0.1, 0.15) is 25.8 Å². The Hall–Kier alpha value is -2.54. The van der Waals surface area contributed by atoms with E-state index in [4.69, 9.17) is 29.3 Å². The van der Waals surface area contributed by atoms with E-state index in [9.17, 15) is 0 Å². The third-order valence-electron chi connectivity index (χ3n) is 2.95. The zero-order chi connectivity index (χ0) is 19.2. The van der Waals surface area contributed by atoms with E-state index in [2.05, 4.69) is 25.7 Å². The largest absolute Gasteiger partial charge is 0.497 e. The minimum absolute atomic E-state index is 0.525. The molecule has 1 aromatic rings. The molecule has 0 radical (unpaired) electrons. The molecule has 0 aliphatic heterocycles. The molecular weight excluding hydrogens is 326 g/mol. The lowest BCUT2D eigenvalue weighted by Gasteiger charge is -2.13. The van der Waals surface area contributed by atoms with Crippen LogP contribution in [-0.2, 0) is 16.0 Å². The van der Waals surface area contributed by atoms with Gasteiger partial charge in [-0.25, -0.2) is 9.59 Å². The van der Waals surface area contributed by atoms with Crippen LogP contribution in [0.4, 0.5) is 0 Å². The predicted molar refractivity (Wildman–Crippen MR) is 95.4 cm³/mol. The standard InChI is InChI=1S/C16H25NO2.C2H2O4/c1-5-7-14-12-15(18-4)8-9-16(14)19-11-6-10-17-13(2)3;3-1(4)2(5)6/h5,8-9,12-13,17H,1,6-7,10-11H2,2-4H3;(H,3,4)(H,5,6). The highest BCUT2D eigenvalue weighted by Gasteiger charge is 2.05. The van der Waals surface area contributed by atoms with Gasteiger partial charge in [-0.1, -0.05) is 19.9 Å². The van der Waals surface area contributed by atoms with Gasteiger partial charge >= 0.3 is 11.9 Å². The number of benzene rings is 1. The number of hydrogen-bond acceptors (Lipinski definition) is 5. The summed E-state index contributed by atoms with van der Waals surface area (Å²) in [7, 11) is 1.67. The second-order valence-electron chi connectivity index (χ2n) is 5.39. The first-order valence-electron chi connectivity index (χ1n) is 7.92. The van der Waals surface area contributed by atoms with Crippen molar-refractivity contribution in [2.75, 3.05) is 20.3 Å². The Morgan fingerprint density at radius 1 is 1.28 bits per heavy atom.